The highest BCUT2D eigenvalue weighted by Crippen LogP contribution is 2.39. The number of carbonyl (C=O) groups is 1. The Morgan fingerprint density at radius 2 is 1.93 bits per heavy atom. The molecular weight excluding hydrogens is 396 g/mol. The molecule has 0 saturated heterocycles. The first-order valence-electron chi connectivity index (χ1n) is 8.98. The molecule has 1 amide bonds. The van der Waals surface area contributed by atoms with Crippen molar-refractivity contribution in [3.05, 3.63) is 53.6 Å². The van der Waals surface area contributed by atoms with Gasteiger partial charge in [-0.05, 0) is 25.0 Å². The van der Waals surface area contributed by atoms with Crippen molar-refractivity contribution in [1.82, 2.24) is 4.90 Å². The van der Waals surface area contributed by atoms with Gasteiger partial charge in [-0.1, -0.05) is 30.4 Å². The van der Waals surface area contributed by atoms with E-state index in [0.717, 1.165) is 11.1 Å². The molecule has 0 spiro atoms. The van der Waals surface area contributed by atoms with Gasteiger partial charge in [-0.3, -0.25) is 9.35 Å². The Morgan fingerprint density at radius 1 is 1.28 bits per heavy atom. The molecule has 2 aliphatic rings. The van der Waals surface area contributed by atoms with Crippen LogP contribution in [0.5, 0.6) is 11.5 Å². The lowest BCUT2D eigenvalue weighted by Gasteiger charge is -2.38. The summed E-state index contributed by atoms with van der Waals surface area (Å²) < 4.78 is 45.0. The summed E-state index contributed by atoms with van der Waals surface area (Å²) in [6, 6.07) is 2.22. The van der Waals surface area contributed by atoms with Gasteiger partial charge in [0.25, 0.3) is 16.0 Å². The molecule has 2 atom stereocenters. The number of anilines is 1. The van der Waals surface area contributed by atoms with Crippen LogP contribution in [0.25, 0.3) is 0 Å². The Morgan fingerprint density at radius 3 is 2.52 bits per heavy atom. The van der Waals surface area contributed by atoms with Gasteiger partial charge in [-0.2, -0.15) is 8.42 Å². The normalized spacial score (nSPS) is 21.9. The average Bonchev–Trinajstić information content (AvgIpc) is 2.79. The number of amides is 1. The van der Waals surface area contributed by atoms with Crippen molar-refractivity contribution in [2.24, 2.45) is 0 Å². The number of nitrogens with zero attached hydrogens (tertiary/aromatic N) is 1. The minimum Gasteiger partial charge on any atom is -0.493 e. The fourth-order valence-corrected chi connectivity index (χ4v) is 4.64. The fraction of sp³-hybridized carbons (Fsp3) is 0.350. The molecule has 0 fully saturated rings. The van der Waals surface area contributed by atoms with Crippen molar-refractivity contribution in [3.8, 4) is 11.5 Å². The lowest BCUT2D eigenvalue weighted by molar-refractivity contribution is 0.0690. The van der Waals surface area contributed by atoms with Crippen LogP contribution in [0, 0.1) is 0 Å². The van der Waals surface area contributed by atoms with Crippen molar-refractivity contribution < 1.29 is 27.2 Å². The number of methoxy groups -OCH3 is 2. The number of ether oxygens (including phenoxy) is 2. The van der Waals surface area contributed by atoms with E-state index >= 15 is 0 Å². The number of fused-ring (bicyclic) bond motifs is 2. The molecule has 0 aromatic heterocycles. The second-order valence-corrected chi connectivity index (χ2v) is 8.48. The number of allylic oxidation sites excluding steroid dienone is 3. The number of benzene rings is 1. The standard InChI is InChI=1S/C20H24N2O6S/c1-5-6-7-13-8-16-19(29(24,25)26)21-15-10-18(28-4)17(27-3)9-14(15)20(23)22(16)11-12(13)2/h5-7,9-10,16,19,21H,1,8,11H2,2-4H3,(H,24,25,26)/b7-6-. The average molecular weight is 420 g/mol. The van der Waals surface area contributed by atoms with Crippen molar-refractivity contribution in [1.29, 1.82) is 0 Å². The van der Waals surface area contributed by atoms with E-state index in [1.54, 1.807) is 12.2 Å². The minimum atomic E-state index is -4.53. The third-order valence-electron chi connectivity index (χ3n) is 5.20. The summed E-state index contributed by atoms with van der Waals surface area (Å²) in [7, 11) is -1.63. The van der Waals surface area contributed by atoms with Crippen molar-refractivity contribution in [3.63, 3.8) is 0 Å². The third-order valence-corrected chi connectivity index (χ3v) is 6.28. The topological polar surface area (TPSA) is 105 Å². The van der Waals surface area contributed by atoms with Gasteiger partial charge in [-0.15, -0.1) is 0 Å². The predicted molar refractivity (Wildman–Crippen MR) is 110 cm³/mol. The van der Waals surface area contributed by atoms with E-state index in [9.17, 15) is 17.8 Å². The van der Waals surface area contributed by atoms with Crippen LogP contribution in [0.1, 0.15) is 23.7 Å². The molecule has 0 radical (unpaired) electrons. The molecule has 0 saturated carbocycles. The summed E-state index contributed by atoms with van der Waals surface area (Å²) >= 11 is 0. The van der Waals surface area contributed by atoms with E-state index in [1.807, 2.05) is 13.0 Å². The van der Waals surface area contributed by atoms with Gasteiger partial charge in [0.2, 0.25) is 0 Å². The van der Waals surface area contributed by atoms with Crippen LogP contribution < -0.4 is 14.8 Å². The summed E-state index contributed by atoms with van der Waals surface area (Å²) in [5.41, 5.74) is 2.34. The summed E-state index contributed by atoms with van der Waals surface area (Å²) in [5, 5.41) is 1.45. The molecular formula is C20H24N2O6S. The Balaban J connectivity index is 2.17. The summed E-state index contributed by atoms with van der Waals surface area (Å²) in [6.45, 7) is 5.78. The molecule has 9 heteroatoms. The molecule has 29 heavy (non-hydrogen) atoms. The van der Waals surface area contributed by atoms with Crippen LogP contribution in [-0.2, 0) is 10.1 Å². The second kappa shape index (κ2) is 7.92. The van der Waals surface area contributed by atoms with Crippen molar-refractivity contribution in [2.75, 3.05) is 26.1 Å². The number of rotatable bonds is 5. The van der Waals surface area contributed by atoms with Crippen LogP contribution >= 0.6 is 0 Å². The zero-order chi connectivity index (χ0) is 21.3. The van der Waals surface area contributed by atoms with Gasteiger partial charge in [0, 0.05) is 12.6 Å². The maximum absolute atomic E-state index is 13.3. The highest BCUT2D eigenvalue weighted by Gasteiger charge is 2.44. The number of hydrogen-bond donors (Lipinski definition) is 2. The van der Waals surface area contributed by atoms with Gasteiger partial charge in [0.1, 0.15) is 0 Å². The maximum atomic E-state index is 13.3. The molecule has 0 aliphatic carbocycles. The van der Waals surface area contributed by atoms with Gasteiger partial charge in [0.05, 0.1) is 31.5 Å². The first-order valence-corrected chi connectivity index (χ1v) is 10.5. The summed E-state index contributed by atoms with van der Waals surface area (Å²) in [6.07, 6.45) is 5.49. The Kier molecular flexibility index (Phi) is 5.72. The second-order valence-electron chi connectivity index (χ2n) is 6.94. The molecule has 2 unspecified atom stereocenters. The van der Waals surface area contributed by atoms with Gasteiger partial charge >= 0.3 is 0 Å². The van der Waals surface area contributed by atoms with Crippen molar-refractivity contribution >= 4 is 21.7 Å². The Labute approximate surface area is 170 Å². The van der Waals surface area contributed by atoms with Crippen LogP contribution in [-0.4, -0.2) is 56.0 Å². The SMILES string of the molecule is C=C/C=C\C1=C(C)CN2C(=O)c3cc(OC)c(OC)cc3NC(S(=O)(=O)O)C2C1. The maximum Gasteiger partial charge on any atom is 0.288 e. The number of hydrogen-bond acceptors (Lipinski definition) is 6. The van der Waals surface area contributed by atoms with Crippen LogP contribution in [0.4, 0.5) is 5.69 Å². The highest BCUT2D eigenvalue weighted by molar-refractivity contribution is 7.86. The molecule has 2 N–H and O–H groups in total. The molecule has 1 aromatic rings. The molecule has 2 aliphatic heterocycles. The van der Waals surface area contributed by atoms with Crippen LogP contribution in [0.15, 0.2) is 48.1 Å². The molecule has 8 nitrogen and oxygen atoms in total. The quantitative estimate of drug-likeness (QED) is 0.557. The molecule has 1 aromatic carbocycles. The smallest absolute Gasteiger partial charge is 0.288 e. The largest absolute Gasteiger partial charge is 0.493 e. The zero-order valence-corrected chi connectivity index (χ0v) is 17.3. The van der Waals surface area contributed by atoms with Crippen LogP contribution in [0.3, 0.4) is 0 Å². The first-order chi connectivity index (χ1) is 13.7. The van der Waals surface area contributed by atoms with E-state index in [4.69, 9.17) is 9.47 Å². The summed E-state index contributed by atoms with van der Waals surface area (Å²) in [5.74, 6) is 0.335. The first kappa shape index (κ1) is 20.9. The minimum absolute atomic E-state index is 0.238. The molecule has 0 bridgehead atoms. The van der Waals surface area contributed by atoms with Crippen LogP contribution in [0.2, 0.25) is 0 Å². The van der Waals surface area contributed by atoms with Gasteiger partial charge in [0.15, 0.2) is 16.9 Å². The Bertz CT molecular complexity index is 1010. The van der Waals surface area contributed by atoms with Crippen molar-refractivity contribution in [2.45, 2.75) is 24.8 Å². The monoisotopic (exact) mass is 420 g/mol. The molecule has 3 rings (SSSR count). The van der Waals surface area contributed by atoms with E-state index in [2.05, 4.69) is 11.9 Å². The highest BCUT2D eigenvalue weighted by atomic mass is 32.2. The van der Waals surface area contributed by atoms with E-state index in [0.29, 0.717) is 11.5 Å². The number of nitrogens with one attached hydrogen (secondary N) is 1. The van der Waals surface area contributed by atoms with E-state index in [1.165, 1.54) is 31.3 Å². The van der Waals surface area contributed by atoms with E-state index < -0.39 is 21.5 Å². The predicted octanol–water partition coefficient (Wildman–Crippen LogP) is 2.62. The van der Waals surface area contributed by atoms with E-state index in [-0.39, 0.29) is 30.1 Å². The Hall–Kier alpha value is -2.78. The fourth-order valence-electron chi connectivity index (χ4n) is 3.72. The lowest BCUT2D eigenvalue weighted by atomic mass is 9.94. The third kappa shape index (κ3) is 3.88. The number of carbonyl (C=O) groups excluding carboxylic acids is 1. The van der Waals surface area contributed by atoms with Gasteiger partial charge < -0.3 is 19.7 Å². The molecule has 2 heterocycles. The lowest BCUT2D eigenvalue weighted by Crippen LogP contribution is -2.53. The summed E-state index contributed by atoms with van der Waals surface area (Å²) in [4.78, 5) is 14.8. The zero-order valence-electron chi connectivity index (χ0n) is 16.5. The van der Waals surface area contributed by atoms with Gasteiger partial charge in [-0.25, -0.2) is 0 Å². The molecule has 156 valence electrons.